The number of fused-ring (bicyclic) bond motifs is 1. The Morgan fingerprint density at radius 1 is 1.07 bits per heavy atom. The van der Waals surface area contributed by atoms with Crippen molar-refractivity contribution in [3.05, 3.63) is 71.1 Å². The SMILES string of the molecule is CN(C)[C@H]1CC[C@H](Nc2ncc3nc(-c4ccc(NS(=O)(=O)c5cc#ccc5Cl)c(F)c4)cc(C(F)F)c3n2)CC1. The van der Waals surface area contributed by atoms with E-state index in [0.29, 0.717) is 6.04 Å². The summed E-state index contributed by atoms with van der Waals surface area (Å²) < 4.78 is 70.8. The second kappa shape index (κ2) is 11.7. The topological polar surface area (TPSA) is 100 Å². The standard InChI is InChI=1S/C28H26ClF3N6O2S/c1-38(2)18-10-8-17(9-11-18)34-28-33-15-24-26(36-28)19(27(31)32)14-23(35-24)16-7-12-22(21(30)13-16)37-41(39,40)25-6-4-3-5-20(25)29/h5-7,12-15,17-18,27,37H,8-11H2,1-2H3,(H,33,34,36)/t17-,18-. The van der Waals surface area contributed by atoms with Crippen LogP contribution in [0.5, 0.6) is 0 Å². The molecule has 0 amide bonds. The van der Waals surface area contributed by atoms with Crippen molar-refractivity contribution in [3.8, 4) is 11.3 Å². The maximum absolute atomic E-state index is 15.0. The van der Waals surface area contributed by atoms with Crippen molar-refractivity contribution in [2.45, 2.75) is 49.1 Å². The van der Waals surface area contributed by atoms with Gasteiger partial charge < -0.3 is 10.2 Å². The molecule has 1 aliphatic rings. The predicted molar refractivity (Wildman–Crippen MR) is 151 cm³/mol. The molecule has 2 aromatic heterocycles. The van der Waals surface area contributed by atoms with Gasteiger partial charge in [-0.05, 0) is 58.0 Å². The fourth-order valence-electron chi connectivity index (χ4n) is 4.87. The van der Waals surface area contributed by atoms with E-state index in [-0.39, 0.29) is 55.4 Å². The van der Waals surface area contributed by atoms with Crippen molar-refractivity contribution < 1.29 is 21.6 Å². The maximum Gasteiger partial charge on any atom is 0.266 e. The van der Waals surface area contributed by atoms with Crippen LogP contribution in [0.25, 0.3) is 22.3 Å². The van der Waals surface area contributed by atoms with Gasteiger partial charge in [0.25, 0.3) is 16.4 Å². The van der Waals surface area contributed by atoms with E-state index in [1.54, 1.807) is 0 Å². The summed E-state index contributed by atoms with van der Waals surface area (Å²) in [4.78, 5) is 14.9. The highest BCUT2D eigenvalue weighted by atomic mass is 35.5. The van der Waals surface area contributed by atoms with Crippen molar-refractivity contribution in [1.29, 1.82) is 0 Å². The van der Waals surface area contributed by atoms with Crippen LogP contribution in [0.3, 0.4) is 0 Å². The summed E-state index contributed by atoms with van der Waals surface area (Å²) in [6.45, 7) is 0. The molecule has 2 aromatic carbocycles. The largest absolute Gasteiger partial charge is 0.351 e. The highest BCUT2D eigenvalue weighted by molar-refractivity contribution is 7.92. The van der Waals surface area contributed by atoms with Gasteiger partial charge in [0.05, 0.1) is 22.6 Å². The number of benzene rings is 1. The molecule has 0 unspecified atom stereocenters. The van der Waals surface area contributed by atoms with Gasteiger partial charge in [0, 0.05) is 35.3 Å². The van der Waals surface area contributed by atoms with E-state index in [4.69, 9.17) is 11.6 Å². The number of nitrogens with zero attached hydrogens (tertiary/aromatic N) is 4. The molecule has 214 valence electrons. The van der Waals surface area contributed by atoms with Crippen LogP contribution in [0.15, 0.2) is 47.5 Å². The summed E-state index contributed by atoms with van der Waals surface area (Å²) in [6.07, 6.45) is 2.34. The number of anilines is 2. The number of hydrogen-bond donors (Lipinski definition) is 2. The molecule has 0 atom stereocenters. The Hall–Kier alpha value is -3.66. The molecule has 0 aliphatic heterocycles. The van der Waals surface area contributed by atoms with Gasteiger partial charge in [0.15, 0.2) is 0 Å². The minimum Gasteiger partial charge on any atom is -0.351 e. The molecule has 2 N–H and O–H groups in total. The van der Waals surface area contributed by atoms with Crippen LogP contribution in [0, 0.1) is 17.9 Å². The third-order valence-corrected chi connectivity index (χ3v) is 8.92. The molecule has 1 aliphatic carbocycles. The second-order valence-corrected chi connectivity index (χ2v) is 12.1. The molecular weight excluding hydrogens is 577 g/mol. The number of halogens is 4. The molecule has 2 heterocycles. The Labute approximate surface area is 241 Å². The maximum atomic E-state index is 15.0. The van der Waals surface area contributed by atoms with Gasteiger partial charge in [0.2, 0.25) is 5.95 Å². The fourth-order valence-corrected chi connectivity index (χ4v) is 6.37. The Balaban J connectivity index is 1.40. The van der Waals surface area contributed by atoms with Gasteiger partial charge in [-0.15, -0.1) is 0 Å². The van der Waals surface area contributed by atoms with Gasteiger partial charge in [-0.1, -0.05) is 29.8 Å². The Kier molecular flexibility index (Phi) is 8.22. The van der Waals surface area contributed by atoms with E-state index >= 15 is 4.39 Å². The molecule has 5 rings (SSSR count). The van der Waals surface area contributed by atoms with E-state index in [0.717, 1.165) is 43.9 Å². The predicted octanol–water partition coefficient (Wildman–Crippen LogP) is 6.11. The van der Waals surface area contributed by atoms with E-state index in [9.17, 15) is 17.2 Å². The monoisotopic (exact) mass is 602 g/mol. The Morgan fingerprint density at radius 2 is 1.80 bits per heavy atom. The van der Waals surface area contributed by atoms with Gasteiger partial charge in [-0.3, -0.25) is 4.72 Å². The summed E-state index contributed by atoms with van der Waals surface area (Å²) in [6, 6.07) is 12.7. The molecular formula is C28H26ClF3N6O2S. The molecule has 1 saturated carbocycles. The van der Waals surface area contributed by atoms with Crippen LogP contribution in [-0.2, 0) is 10.0 Å². The number of alkyl halides is 2. The highest BCUT2D eigenvalue weighted by Gasteiger charge is 2.24. The molecule has 0 radical (unpaired) electrons. The lowest BCUT2D eigenvalue weighted by atomic mass is 9.91. The average molecular weight is 603 g/mol. The van der Waals surface area contributed by atoms with Crippen LogP contribution in [0.4, 0.5) is 24.8 Å². The smallest absolute Gasteiger partial charge is 0.266 e. The molecule has 4 aromatic rings. The molecule has 13 heteroatoms. The number of aromatic nitrogens is 3. The fraction of sp³-hybridized carbons (Fsp3) is 0.321. The van der Waals surface area contributed by atoms with Crippen LogP contribution in [0.2, 0.25) is 5.02 Å². The van der Waals surface area contributed by atoms with Crippen molar-refractivity contribution >= 4 is 44.3 Å². The van der Waals surface area contributed by atoms with Crippen molar-refractivity contribution in [1.82, 2.24) is 19.9 Å². The second-order valence-electron chi connectivity index (χ2n) is 10.0. The van der Waals surface area contributed by atoms with E-state index in [1.165, 1.54) is 24.4 Å². The number of sulfonamides is 1. The zero-order valence-corrected chi connectivity index (χ0v) is 23.7. The van der Waals surface area contributed by atoms with Crippen LogP contribution < -0.4 is 10.0 Å². The van der Waals surface area contributed by atoms with Crippen LogP contribution in [0.1, 0.15) is 37.7 Å². The van der Waals surface area contributed by atoms with Crippen molar-refractivity contribution in [2.24, 2.45) is 0 Å². The van der Waals surface area contributed by atoms with E-state index in [2.05, 4.69) is 56.1 Å². The number of nitrogens with one attached hydrogen (secondary N) is 2. The normalized spacial score (nSPS) is 17.6. The summed E-state index contributed by atoms with van der Waals surface area (Å²) >= 11 is 5.93. The molecule has 41 heavy (non-hydrogen) atoms. The minimum absolute atomic E-state index is 0.00173. The Morgan fingerprint density at radius 3 is 2.46 bits per heavy atom. The number of hydrogen-bond acceptors (Lipinski definition) is 7. The first-order chi connectivity index (χ1) is 19.5. The minimum atomic E-state index is -4.22. The first-order valence-corrected chi connectivity index (χ1v) is 14.7. The summed E-state index contributed by atoms with van der Waals surface area (Å²) in [5.74, 6) is -0.687. The zero-order valence-electron chi connectivity index (χ0n) is 22.1. The van der Waals surface area contributed by atoms with Crippen LogP contribution >= 0.6 is 11.6 Å². The number of pyridine rings is 1. The van der Waals surface area contributed by atoms with Gasteiger partial charge in [-0.25, -0.2) is 36.5 Å². The lowest BCUT2D eigenvalue weighted by Gasteiger charge is -2.32. The lowest BCUT2D eigenvalue weighted by Crippen LogP contribution is -2.36. The van der Waals surface area contributed by atoms with E-state index < -0.39 is 22.3 Å². The summed E-state index contributed by atoms with van der Waals surface area (Å²) in [7, 11) is -0.109. The Bertz CT molecular complexity index is 1680. The quantitative estimate of drug-likeness (QED) is 0.251. The van der Waals surface area contributed by atoms with Crippen LogP contribution in [-0.4, -0.2) is 54.4 Å². The average Bonchev–Trinajstić information content (AvgIpc) is 2.94. The van der Waals surface area contributed by atoms with E-state index in [1.807, 2.05) is 0 Å². The van der Waals surface area contributed by atoms with Gasteiger partial charge >= 0.3 is 0 Å². The summed E-state index contributed by atoms with van der Waals surface area (Å²) in [5.41, 5.74) is -0.383. The lowest BCUT2D eigenvalue weighted by molar-refractivity contribution is 0.153. The molecule has 8 nitrogen and oxygen atoms in total. The van der Waals surface area contributed by atoms with Gasteiger partial charge in [0.1, 0.15) is 21.7 Å². The molecule has 1 fully saturated rings. The number of rotatable bonds is 8. The summed E-state index contributed by atoms with van der Waals surface area (Å²) in [5, 5.41) is 3.16. The van der Waals surface area contributed by atoms with Crippen molar-refractivity contribution in [2.75, 3.05) is 24.1 Å². The third-order valence-electron chi connectivity index (χ3n) is 7.09. The highest BCUT2D eigenvalue weighted by Crippen LogP contribution is 2.33. The molecule has 0 bridgehead atoms. The first kappa shape index (κ1) is 28.9. The van der Waals surface area contributed by atoms with Crippen molar-refractivity contribution in [3.63, 3.8) is 0 Å². The molecule has 0 saturated heterocycles. The third kappa shape index (κ3) is 6.32. The first-order valence-electron chi connectivity index (χ1n) is 12.8. The molecule has 0 spiro atoms. The van der Waals surface area contributed by atoms with Gasteiger partial charge in [-0.2, -0.15) is 0 Å². The zero-order chi connectivity index (χ0) is 29.3.